The van der Waals surface area contributed by atoms with Crippen molar-refractivity contribution in [2.24, 2.45) is 16.6 Å². The molecule has 0 aliphatic rings. The van der Waals surface area contributed by atoms with Crippen LogP contribution in [-0.2, 0) is 22.6 Å². The van der Waals surface area contributed by atoms with Crippen LogP contribution in [0.15, 0.2) is 41.4 Å². The molecule has 9 nitrogen and oxygen atoms in total. The number of rotatable bonds is 11. The lowest BCUT2D eigenvalue weighted by Crippen LogP contribution is -2.43. The fraction of sp³-hybridized carbons (Fsp3) is 0.400. The Kier molecular flexibility index (Phi) is 10.3. The lowest BCUT2D eigenvalue weighted by molar-refractivity contribution is -0.123. The van der Waals surface area contributed by atoms with Crippen LogP contribution in [0.3, 0.4) is 0 Å². The van der Waals surface area contributed by atoms with E-state index in [0.717, 1.165) is 0 Å². The van der Waals surface area contributed by atoms with Gasteiger partial charge < -0.3 is 25.3 Å². The van der Waals surface area contributed by atoms with Gasteiger partial charge in [0.1, 0.15) is 6.04 Å². The molecule has 0 saturated carbocycles. The molecule has 2 atom stereocenters. The summed E-state index contributed by atoms with van der Waals surface area (Å²) in [6.07, 6.45) is 0.696. The number of hydrogen-bond acceptors (Lipinski definition) is 6. The molecule has 0 fully saturated rings. The molecule has 0 aliphatic carbocycles. The van der Waals surface area contributed by atoms with E-state index in [1.165, 1.54) is 33.5 Å². The summed E-state index contributed by atoms with van der Waals surface area (Å²) in [5.41, 5.74) is 7.32. The number of carbonyl (C=O) groups excluding carboxylic acids is 2. The second-order valence-corrected chi connectivity index (χ2v) is 7.95. The molecule has 0 unspecified atom stereocenters. The molecule has 0 heterocycles. The number of halogens is 1. The van der Waals surface area contributed by atoms with Crippen LogP contribution in [0.4, 0.5) is 4.39 Å². The third-order valence-electron chi connectivity index (χ3n) is 5.49. The summed E-state index contributed by atoms with van der Waals surface area (Å²) in [5, 5.41) is 5.32. The lowest BCUT2D eigenvalue weighted by atomic mass is 9.99. The zero-order chi connectivity index (χ0) is 26.0. The van der Waals surface area contributed by atoms with Crippen LogP contribution < -0.4 is 30.6 Å². The molecule has 0 radical (unpaired) electrons. The molecule has 2 amide bonds. The smallest absolute Gasteiger partial charge is 0.245 e. The van der Waals surface area contributed by atoms with E-state index in [0.29, 0.717) is 29.0 Å². The second kappa shape index (κ2) is 13.2. The van der Waals surface area contributed by atoms with Gasteiger partial charge in [-0.05, 0) is 41.3 Å². The average Bonchev–Trinajstić information content (AvgIpc) is 2.85. The van der Waals surface area contributed by atoms with Gasteiger partial charge in [0, 0.05) is 6.54 Å². The van der Waals surface area contributed by atoms with Crippen molar-refractivity contribution >= 4 is 17.8 Å². The van der Waals surface area contributed by atoms with Crippen molar-refractivity contribution in [3.8, 4) is 17.2 Å². The van der Waals surface area contributed by atoms with Crippen LogP contribution in [0.2, 0.25) is 0 Å². The van der Waals surface area contributed by atoms with Gasteiger partial charge >= 0.3 is 0 Å². The number of hydrogen-bond donors (Lipinski definition) is 3. The minimum absolute atomic E-state index is 0.0309. The van der Waals surface area contributed by atoms with Gasteiger partial charge in [0.2, 0.25) is 11.8 Å². The van der Waals surface area contributed by atoms with Gasteiger partial charge in [0.25, 0.3) is 0 Å². The first-order chi connectivity index (χ1) is 16.7. The summed E-state index contributed by atoms with van der Waals surface area (Å²) in [6.45, 7) is 3.95. The van der Waals surface area contributed by atoms with E-state index in [4.69, 9.17) is 19.9 Å². The van der Waals surface area contributed by atoms with E-state index >= 15 is 0 Å². The van der Waals surface area contributed by atoms with Crippen molar-refractivity contribution in [2.45, 2.75) is 39.3 Å². The zero-order valence-electron chi connectivity index (χ0n) is 20.7. The van der Waals surface area contributed by atoms with Crippen LogP contribution in [0.5, 0.6) is 17.2 Å². The maximum atomic E-state index is 13.6. The second-order valence-electron chi connectivity index (χ2n) is 7.95. The summed E-state index contributed by atoms with van der Waals surface area (Å²) >= 11 is 0. The quantitative estimate of drug-likeness (QED) is 0.330. The predicted octanol–water partition coefficient (Wildman–Crippen LogP) is 2.56. The highest BCUT2D eigenvalue weighted by Crippen LogP contribution is 2.27. The highest BCUT2D eigenvalue weighted by atomic mass is 19.1. The van der Waals surface area contributed by atoms with Crippen molar-refractivity contribution in [1.29, 1.82) is 0 Å². The lowest BCUT2D eigenvalue weighted by Gasteiger charge is -2.19. The van der Waals surface area contributed by atoms with E-state index in [1.54, 1.807) is 24.3 Å². The molecule has 2 aromatic carbocycles. The molecular weight excluding hydrogens is 455 g/mol. The molecule has 0 bridgehead atoms. The Morgan fingerprint density at radius 2 is 1.63 bits per heavy atom. The van der Waals surface area contributed by atoms with Crippen molar-refractivity contribution in [2.75, 3.05) is 21.3 Å². The molecule has 190 valence electrons. The fourth-order valence-electron chi connectivity index (χ4n) is 3.32. The van der Waals surface area contributed by atoms with Crippen molar-refractivity contribution in [3.05, 3.63) is 53.3 Å². The molecule has 4 N–H and O–H groups in total. The van der Waals surface area contributed by atoms with Crippen LogP contribution in [-0.4, -0.2) is 45.1 Å². The highest BCUT2D eigenvalue weighted by Gasteiger charge is 2.24. The van der Waals surface area contributed by atoms with Gasteiger partial charge in [-0.2, -0.15) is 0 Å². The number of benzene rings is 2. The minimum Gasteiger partial charge on any atom is -0.494 e. The number of methoxy groups -OCH3 is 3. The van der Waals surface area contributed by atoms with Gasteiger partial charge in [-0.1, -0.05) is 32.4 Å². The van der Waals surface area contributed by atoms with Crippen LogP contribution >= 0.6 is 0 Å². The molecule has 2 rings (SSSR count). The summed E-state index contributed by atoms with van der Waals surface area (Å²) in [4.78, 5) is 29.6. The number of ether oxygens (including phenoxy) is 3. The molecule has 35 heavy (non-hydrogen) atoms. The van der Waals surface area contributed by atoms with Crippen molar-refractivity contribution in [3.63, 3.8) is 0 Å². The van der Waals surface area contributed by atoms with E-state index in [-0.39, 0.29) is 42.4 Å². The Bertz CT molecular complexity index is 1060. The van der Waals surface area contributed by atoms with E-state index in [9.17, 15) is 14.0 Å². The van der Waals surface area contributed by atoms with E-state index in [2.05, 4.69) is 15.6 Å². The van der Waals surface area contributed by atoms with Gasteiger partial charge in [-0.3, -0.25) is 14.9 Å². The monoisotopic (exact) mass is 488 g/mol. The Morgan fingerprint density at radius 1 is 1.00 bits per heavy atom. The maximum absolute atomic E-state index is 13.6. The molecule has 10 heteroatoms. The molecule has 0 aromatic heterocycles. The summed E-state index contributed by atoms with van der Waals surface area (Å²) in [5.74, 6) is -0.375. The van der Waals surface area contributed by atoms with Gasteiger partial charge in [0.05, 0.1) is 27.8 Å². The molecule has 0 spiro atoms. The SMILES string of the molecule is CC[C@@H](C)[C@@H](N=C(N)NC(=O)Cc1ccc(OC)c(OC)c1)C(=O)NCc1ccc(F)c(OC)c1. The number of amides is 2. The third kappa shape index (κ3) is 7.87. The number of nitrogens with two attached hydrogens (primary N) is 1. The van der Waals surface area contributed by atoms with E-state index < -0.39 is 11.9 Å². The Morgan fingerprint density at radius 3 is 2.26 bits per heavy atom. The summed E-state index contributed by atoms with van der Waals surface area (Å²) in [7, 11) is 4.41. The first-order valence-electron chi connectivity index (χ1n) is 11.2. The topological polar surface area (TPSA) is 124 Å². The third-order valence-corrected chi connectivity index (χ3v) is 5.49. The van der Waals surface area contributed by atoms with E-state index in [1.807, 2.05) is 13.8 Å². The average molecular weight is 489 g/mol. The Balaban J connectivity index is 2.05. The van der Waals surface area contributed by atoms with Gasteiger partial charge in [-0.25, -0.2) is 9.38 Å². The Hall–Kier alpha value is -3.82. The first-order valence-corrected chi connectivity index (χ1v) is 11.2. The standard InChI is InChI=1S/C25H33FN4O5/c1-6-15(2)23(24(32)28-14-17-7-9-18(26)20(12-17)34-4)30-25(27)29-22(31)13-16-8-10-19(33-3)21(11-16)35-5/h7-12,15,23H,6,13-14H2,1-5H3,(H,28,32)(H3,27,29,30,31)/t15-,23-/m1/s1. The summed E-state index contributed by atoms with van der Waals surface area (Å²) in [6, 6.07) is 8.68. The Labute approximate surface area is 204 Å². The predicted molar refractivity (Wildman–Crippen MR) is 131 cm³/mol. The summed E-state index contributed by atoms with van der Waals surface area (Å²) < 4.78 is 29.0. The number of nitrogens with zero attached hydrogens (tertiary/aromatic N) is 1. The number of carbonyl (C=O) groups is 2. The number of nitrogens with one attached hydrogen (secondary N) is 2. The minimum atomic E-state index is -0.816. The normalized spacial score (nSPS) is 12.9. The van der Waals surface area contributed by atoms with Crippen LogP contribution in [0.1, 0.15) is 31.4 Å². The van der Waals surface area contributed by atoms with Gasteiger partial charge in [-0.15, -0.1) is 0 Å². The maximum Gasteiger partial charge on any atom is 0.245 e. The zero-order valence-corrected chi connectivity index (χ0v) is 20.7. The molecule has 0 saturated heterocycles. The largest absolute Gasteiger partial charge is 0.494 e. The van der Waals surface area contributed by atoms with Crippen molar-refractivity contribution < 1.29 is 28.2 Å². The fourth-order valence-corrected chi connectivity index (χ4v) is 3.32. The van der Waals surface area contributed by atoms with Gasteiger partial charge in [0.15, 0.2) is 29.0 Å². The molecule has 0 aliphatic heterocycles. The molecule has 2 aromatic rings. The number of guanidine groups is 1. The van der Waals surface area contributed by atoms with Crippen molar-refractivity contribution in [1.82, 2.24) is 10.6 Å². The van der Waals surface area contributed by atoms with Crippen LogP contribution in [0, 0.1) is 11.7 Å². The molecular formula is C25H33FN4O5. The van der Waals surface area contributed by atoms with Crippen LogP contribution in [0.25, 0.3) is 0 Å². The number of aliphatic imine (C=N–C) groups is 1. The first kappa shape index (κ1) is 27.4. The highest BCUT2D eigenvalue weighted by molar-refractivity contribution is 5.98.